The van der Waals surface area contributed by atoms with E-state index in [0.29, 0.717) is 22.9 Å². The van der Waals surface area contributed by atoms with Crippen LogP contribution < -0.4 is 10.7 Å². The van der Waals surface area contributed by atoms with E-state index in [4.69, 9.17) is 0 Å². The molecule has 0 saturated carbocycles. The van der Waals surface area contributed by atoms with Gasteiger partial charge in [-0.05, 0) is 36.8 Å². The SMILES string of the molecule is Cc1cccc2c(=O)c(NC(=O)N3CC(C)CC(C)C3)c[nH]c12. The van der Waals surface area contributed by atoms with Gasteiger partial charge < -0.3 is 15.2 Å². The van der Waals surface area contributed by atoms with Crippen molar-refractivity contribution in [2.75, 3.05) is 18.4 Å². The molecule has 1 aliphatic heterocycles. The van der Waals surface area contributed by atoms with E-state index in [9.17, 15) is 9.59 Å². The van der Waals surface area contributed by atoms with Gasteiger partial charge in [0, 0.05) is 24.7 Å². The predicted molar refractivity (Wildman–Crippen MR) is 92.8 cm³/mol. The molecule has 2 unspecified atom stereocenters. The van der Waals surface area contributed by atoms with E-state index in [1.807, 2.05) is 19.1 Å². The molecule has 2 atom stereocenters. The van der Waals surface area contributed by atoms with Crippen LogP contribution in [-0.4, -0.2) is 29.0 Å². The Morgan fingerprint density at radius 3 is 2.65 bits per heavy atom. The van der Waals surface area contributed by atoms with E-state index in [1.165, 1.54) is 0 Å². The lowest BCUT2D eigenvalue weighted by Crippen LogP contribution is -2.45. The molecule has 5 heteroatoms. The summed E-state index contributed by atoms with van der Waals surface area (Å²) in [5.74, 6) is 0.976. The first-order chi connectivity index (χ1) is 11.0. The zero-order valence-corrected chi connectivity index (χ0v) is 13.8. The number of carbonyl (C=O) groups is 1. The summed E-state index contributed by atoms with van der Waals surface area (Å²) in [5.41, 5.74) is 1.99. The van der Waals surface area contributed by atoms with Crippen molar-refractivity contribution in [3.8, 4) is 0 Å². The second kappa shape index (κ2) is 6.07. The second-order valence-electron chi connectivity index (χ2n) is 6.81. The van der Waals surface area contributed by atoms with Gasteiger partial charge in [0.15, 0.2) is 0 Å². The molecule has 0 bridgehead atoms. The van der Waals surface area contributed by atoms with E-state index in [1.54, 1.807) is 17.2 Å². The number of likely N-dealkylation sites (tertiary alicyclic amines) is 1. The van der Waals surface area contributed by atoms with Gasteiger partial charge in [0.25, 0.3) is 0 Å². The van der Waals surface area contributed by atoms with Gasteiger partial charge in [-0.1, -0.05) is 26.0 Å². The van der Waals surface area contributed by atoms with Crippen molar-refractivity contribution in [2.45, 2.75) is 27.2 Å². The third-order valence-electron chi connectivity index (χ3n) is 4.52. The minimum absolute atomic E-state index is 0.145. The molecule has 1 aromatic carbocycles. The van der Waals surface area contributed by atoms with Crippen LogP contribution in [0.2, 0.25) is 0 Å². The van der Waals surface area contributed by atoms with Crippen molar-refractivity contribution < 1.29 is 4.79 Å². The number of aromatic nitrogens is 1. The molecule has 1 aromatic heterocycles. The van der Waals surface area contributed by atoms with Gasteiger partial charge >= 0.3 is 6.03 Å². The Morgan fingerprint density at radius 1 is 1.26 bits per heavy atom. The van der Waals surface area contributed by atoms with Crippen molar-refractivity contribution in [3.63, 3.8) is 0 Å². The highest BCUT2D eigenvalue weighted by Crippen LogP contribution is 2.21. The van der Waals surface area contributed by atoms with Crippen LogP contribution >= 0.6 is 0 Å². The zero-order valence-electron chi connectivity index (χ0n) is 13.8. The molecule has 23 heavy (non-hydrogen) atoms. The molecular formula is C18H23N3O2. The average Bonchev–Trinajstić information content (AvgIpc) is 2.49. The summed E-state index contributed by atoms with van der Waals surface area (Å²) in [4.78, 5) is 30.0. The van der Waals surface area contributed by atoms with E-state index < -0.39 is 0 Å². The number of para-hydroxylation sites is 1. The van der Waals surface area contributed by atoms with Crippen LogP contribution in [0.4, 0.5) is 10.5 Å². The fourth-order valence-electron chi connectivity index (χ4n) is 3.52. The van der Waals surface area contributed by atoms with Crippen molar-refractivity contribution in [3.05, 3.63) is 40.2 Å². The third kappa shape index (κ3) is 3.09. The van der Waals surface area contributed by atoms with Crippen LogP contribution in [0.1, 0.15) is 25.8 Å². The summed E-state index contributed by atoms with van der Waals surface area (Å²) >= 11 is 0. The molecule has 2 amide bonds. The van der Waals surface area contributed by atoms with Crippen LogP contribution in [0, 0.1) is 18.8 Å². The van der Waals surface area contributed by atoms with Crippen molar-refractivity contribution >= 4 is 22.6 Å². The number of benzene rings is 1. The molecule has 2 aromatic rings. The van der Waals surface area contributed by atoms with E-state index >= 15 is 0 Å². The molecule has 122 valence electrons. The van der Waals surface area contributed by atoms with Gasteiger partial charge in [-0.2, -0.15) is 0 Å². The lowest BCUT2D eigenvalue weighted by molar-refractivity contribution is 0.156. The molecule has 5 nitrogen and oxygen atoms in total. The summed E-state index contributed by atoms with van der Waals surface area (Å²) in [6.45, 7) is 7.73. The minimum Gasteiger partial charge on any atom is -0.359 e. The number of hydrogen-bond donors (Lipinski definition) is 2. The monoisotopic (exact) mass is 313 g/mol. The summed E-state index contributed by atoms with van der Waals surface area (Å²) in [7, 11) is 0. The molecule has 2 N–H and O–H groups in total. The number of H-pyrrole nitrogens is 1. The Balaban J connectivity index is 1.85. The fraction of sp³-hybridized carbons (Fsp3) is 0.444. The Bertz CT molecular complexity index is 786. The van der Waals surface area contributed by atoms with E-state index in [-0.39, 0.29) is 11.5 Å². The standard InChI is InChI=1S/C18H23N3O2/c1-11-7-12(2)10-21(9-11)18(23)20-15-8-19-16-13(3)5-4-6-14(16)17(15)22/h4-6,8,11-12H,7,9-10H2,1-3H3,(H,19,22)(H,20,23). The number of anilines is 1. The van der Waals surface area contributed by atoms with Crippen molar-refractivity contribution in [1.29, 1.82) is 0 Å². The van der Waals surface area contributed by atoms with Gasteiger partial charge in [0.05, 0.1) is 5.52 Å². The summed E-state index contributed by atoms with van der Waals surface area (Å²) < 4.78 is 0. The largest absolute Gasteiger partial charge is 0.359 e. The molecule has 0 aliphatic carbocycles. The lowest BCUT2D eigenvalue weighted by Gasteiger charge is -2.34. The maximum absolute atomic E-state index is 12.6. The first-order valence-corrected chi connectivity index (χ1v) is 8.12. The van der Waals surface area contributed by atoms with Crippen LogP contribution in [0.3, 0.4) is 0 Å². The number of fused-ring (bicyclic) bond motifs is 1. The number of nitrogens with one attached hydrogen (secondary N) is 2. The minimum atomic E-state index is -0.194. The van der Waals surface area contributed by atoms with Gasteiger partial charge in [0.2, 0.25) is 5.43 Å². The maximum Gasteiger partial charge on any atom is 0.322 e. The summed E-state index contributed by atoms with van der Waals surface area (Å²) in [6, 6.07) is 5.39. The summed E-state index contributed by atoms with van der Waals surface area (Å²) in [5, 5.41) is 3.38. The molecule has 1 aliphatic rings. The van der Waals surface area contributed by atoms with Crippen LogP contribution in [-0.2, 0) is 0 Å². The van der Waals surface area contributed by atoms with Gasteiger partial charge in [-0.25, -0.2) is 4.79 Å². The first kappa shape index (κ1) is 15.6. The fourth-order valence-corrected chi connectivity index (χ4v) is 3.52. The number of carbonyl (C=O) groups excluding carboxylic acids is 1. The Kier molecular flexibility index (Phi) is 4.11. The second-order valence-corrected chi connectivity index (χ2v) is 6.81. The van der Waals surface area contributed by atoms with Crippen LogP contribution in [0.25, 0.3) is 10.9 Å². The predicted octanol–water partition coefficient (Wildman–Crippen LogP) is 3.35. The molecule has 0 spiro atoms. The lowest BCUT2D eigenvalue weighted by atomic mass is 9.92. The normalized spacial score (nSPS) is 21.4. The van der Waals surface area contributed by atoms with Gasteiger partial charge in [-0.3, -0.25) is 4.79 Å². The van der Waals surface area contributed by atoms with Gasteiger partial charge in [0.1, 0.15) is 5.69 Å². The number of urea groups is 1. The first-order valence-electron chi connectivity index (χ1n) is 8.12. The Hall–Kier alpha value is -2.30. The Morgan fingerprint density at radius 2 is 1.96 bits per heavy atom. The zero-order chi connectivity index (χ0) is 16.6. The smallest absolute Gasteiger partial charge is 0.322 e. The van der Waals surface area contributed by atoms with Crippen LogP contribution in [0.15, 0.2) is 29.2 Å². The molecular weight excluding hydrogens is 290 g/mol. The molecule has 1 fully saturated rings. The summed E-state index contributed by atoms with van der Waals surface area (Å²) in [6.07, 6.45) is 2.73. The van der Waals surface area contributed by atoms with E-state index in [0.717, 1.165) is 30.6 Å². The highest BCUT2D eigenvalue weighted by molar-refractivity contribution is 5.92. The number of aromatic amines is 1. The number of aryl methyl sites for hydroxylation is 1. The van der Waals surface area contributed by atoms with Crippen LogP contribution in [0.5, 0.6) is 0 Å². The molecule has 2 heterocycles. The number of hydrogen-bond acceptors (Lipinski definition) is 2. The quantitative estimate of drug-likeness (QED) is 0.848. The number of amides is 2. The molecule has 0 radical (unpaired) electrons. The maximum atomic E-state index is 12.6. The highest BCUT2D eigenvalue weighted by Gasteiger charge is 2.25. The number of nitrogens with zero attached hydrogens (tertiary/aromatic N) is 1. The number of piperidine rings is 1. The molecule has 3 rings (SSSR count). The van der Waals surface area contributed by atoms with Crippen molar-refractivity contribution in [1.82, 2.24) is 9.88 Å². The third-order valence-corrected chi connectivity index (χ3v) is 4.52. The Labute approximate surface area is 135 Å². The average molecular weight is 313 g/mol. The van der Waals surface area contributed by atoms with Crippen molar-refractivity contribution in [2.24, 2.45) is 11.8 Å². The van der Waals surface area contributed by atoms with Gasteiger partial charge in [-0.15, -0.1) is 0 Å². The number of rotatable bonds is 1. The van der Waals surface area contributed by atoms with E-state index in [2.05, 4.69) is 24.1 Å². The highest BCUT2D eigenvalue weighted by atomic mass is 16.2. The number of pyridine rings is 1. The topological polar surface area (TPSA) is 65.2 Å². The molecule has 1 saturated heterocycles.